The normalized spacial score (nSPS) is 12.8. The van der Waals surface area contributed by atoms with E-state index in [0.717, 1.165) is 55.1 Å². The van der Waals surface area contributed by atoms with Gasteiger partial charge in [0.2, 0.25) is 0 Å². The number of nitrogens with zero attached hydrogens (tertiary/aromatic N) is 2. The Morgan fingerprint density at radius 1 is 0.953 bits per heavy atom. The topological polar surface area (TPSA) is 120 Å². The molecule has 14 heteroatoms. The van der Waals surface area contributed by atoms with Crippen LogP contribution in [0.4, 0.5) is 17.7 Å². The van der Waals surface area contributed by atoms with Crippen molar-refractivity contribution in [3.05, 3.63) is 93.3 Å². The highest BCUT2D eigenvalue weighted by molar-refractivity contribution is 7.98. The van der Waals surface area contributed by atoms with Crippen LogP contribution in [0.25, 0.3) is 0 Å². The number of carboxylic acid groups (broad SMARTS) is 2. The molecule has 1 aromatic heterocycles. The van der Waals surface area contributed by atoms with Crippen molar-refractivity contribution >= 4 is 41.2 Å². The molecule has 0 atom stereocenters. The number of carboxylic acids is 2. The van der Waals surface area contributed by atoms with Crippen LogP contribution in [0.3, 0.4) is 0 Å². The highest BCUT2D eigenvalue weighted by Crippen LogP contribution is 2.36. The third-order valence-corrected chi connectivity index (χ3v) is 7.87. The van der Waals surface area contributed by atoms with Gasteiger partial charge in [0.25, 0.3) is 5.91 Å². The summed E-state index contributed by atoms with van der Waals surface area (Å²) < 4.78 is 52.4. The number of hydrogen-bond acceptors (Lipinski definition) is 6. The average molecular weight is 642 g/mol. The van der Waals surface area contributed by atoms with E-state index in [2.05, 4.69) is 16.4 Å². The average Bonchev–Trinajstić information content (AvgIpc) is 3.21. The summed E-state index contributed by atoms with van der Waals surface area (Å²) in [5.74, 6) is -2.54. The fourth-order valence-corrected chi connectivity index (χ4v) is 5.45. The van der Waals surface area contributed by atoms with Crippen molar-refractivity contribution in [3.8, 4) is 0 Å². The van der Waals surface area contributed by atoms with E-state index in [1.54, 1.807) is 17.8 Å². The van der Waals surface area contributed by atoms with Crippen LogP contribution in [0.5, 0.6) is 0 Å². The fourth-order valence-electron chi connectivity index (χ4n) is 4.03. The number of benzene rings is 2. The minimum Gasteiger partial charge on any atom is -0.481 e. The van der Waals surface area contributed by atoms with Gasteiger partial charge in [-0.3, -0.25) is 19.4 Å². The van der Waals surface area contributed by atoms with Gasteiger partial charge < -0.3 is 15.5 Å². The summed E-state index contributed by atoms with van der Waals surface area (Å²) in [6.07, 6.45) is -1.93. The molecular formula is C29H28ClF4N3O5S. The van der Waals surface area contributed by atoms with Crippen LogP contribution in [-0.2, 0) is 40.9 Å². The Hall–Kier alpha value is -3.68. The summed E-state index contributed by atoms with van der Waals surface area (Å²) >= 11 is 8.05. The van der Waals surface area contributed by atoms with E-state index in [9.17, 15) is 32.0 Å². The summed E-state index contributed by atoms with van der Waals surface area (Å²) in [4.78, 5) is 37.0. The molecule has 0 saturated heterocycles. The maximum Gasteiger partial charge on any atom is 0.416 e. The van der Waals surface area contributed by atoms with Gasteiger partial charge in [-0.1, -0.05) is 34.3 Å². The van der Waals surface area contributed by atoms with Crippen LogP contribution in [-0.4, -0.2) is 51.3 Å². The number of rotatable bonds is 9. The molecule has 0 saturated carbocycles. The molecular weight excluding hydrogens is 614 g/mol. The van der Waals surface area contributed by atoms with Crippen molar-refractivity contribution in [1.29, 1.82) is 0 Å². The molecule has 4 rings (SSSR count). The molecule has 3 aromatic rings. The zero-order chi connectivity index (χ0) is 31.6. The Balaban J connectivity index is 0.000000557. The van der Waals surface area contributed by atoms with Crippen LogP contribution < -0.4 is 5.32 Å². The largest absolute Gasteiger partial charge is 0.481 e. The minimum absolute atomic E-state index is 0.0406. The predicted molar refractivity (Wildman–Crippen MR) is 152 cm³/mol. The van der Waals surface area contributed by atoms with Gasteiger partial charge in [-0.05, 0) is 73.0 Å². The lowest BCUT2D eigenvalue weighted by Crippen LogP contribution is -2.22. The van der Waals surface area contributed by atoms with Crippen LogP contribution in [0.15, 0.2) is 59.6 Å². The smallest absolute Gasteiger partial charge is 0.416 e. The molecule has 0 aliphatic carbocycles. The first-order valence-electron chi connectivity index (χ1n) is 13.0. The Labute approximate surface area is 254 Å². The standard InChI is InChI=1S/C25H22ClF4N3OS.C4H6O4/c26-22-8-4-17-9-11-31-12-10-21(17)23(22)35-15-20-7-3-18(13-32-20)24(34)33(30)14-16-1-5-19(6-2-16)25(27,28)29;5-3(6)1-2-4(7)8/h1-8,13,31H,9-12,14-15H2;1-2H2,(H,5,6)(H,7,8). The van der Waals surface area contributed by atoms with E-state index in [1.165, 1.54) is 23.4 Å². The van der Waals surface area contributed by atoms with E-state index in [-0.39, 0.29) is 29.1 Å². The van der Waals surface area contributed by atoms with Gasteiger partial charge in [-0.15, -0.1) is 11.8 Å². The van der Waals surface area contributed by atoms with Crippen LogP contribution in [0, 0.1) is 0 Å². The number of pyridine rings is 1. The van der Waals surface area contributed by atoms with Gasteiger partial charge in [-0.25, -0.2) is 0 Å². The first-order valence-corrected chi connectivity index (χ1v) is 14.4. The molecule has 1 amide bonds. The van der Waals surface area contributed by atoms with E-state index >= 15 is 0 Å². The number of aromatic nitrogens is 1. The van der Waals surface area contributed by atoms with E-state index in [0.29, 0.717) is 16.5 Å². The molecule has 2 heterocycles. The van der Waals surface area contributed by atoms with Crippen molar-refractivity contribution in [2.45, 2.75) is 49.1 Å². The molecule has 0 spiro atoms. The van der Waals surface area contributed by atoms with E-state index in [4.69, 9.17) is 21.8 Å². The number of carbonyl (C=O) groups is 3. The van der Waals surface area contributed by atoms with E-state index < -0.39 is 36.1 Å². The highest BCUT2D eigenvalue weighted by atomic mass is 35.5. The summed E-state index contributed by atoms with van der Waals surface area (Å²) in [7, 11) is 0. The van der Waals surface area contributed by atoms with Gasteiger partial charge >= 0.3 is 18.1 Å². The van der Waals surface area contributed by atoms with Gasteiger partial charge in [-0.2, -0.15) is 18.3 Å². The molecule has 0 unspecified atom stereocenters. The van der Waals surface area contributed by atoms with Crippen molar-refractivity contribution in [2.24, 2.45) is 0 Å². The number of thioether (sulfide) groups is 1. The lowest BCUT2D eigenvalue weighted by atomic mass is 10.0. The summed E-state index contributed by atoms with van der Waals surface area (Å²) in [6, 6.07) is 11.1. The van der Waals surface area contributed by atoms with Crippen molar-refractivity contribution in [2.75, 3.05) is 13.1 Å². The number of amides is 1. The zero-order valence-corrected chi connectivity index (χ0v) is 24.2. The van der Waals surface area contributed by atoms with Crippen LogP contribution in [0.1, 0.15) is 51.1 Å². The van der Waals surface area contributed by atoms with Crippen molar-refractivity contribution in [3.63, 3.8) is 0 Å². The quantitative estimate of drug-likeness (QED) is 0.144. The van der Waals surface area contributed by atoms with Crippen molar-refractivity contribution < 1.29 is 42.2 Å². The molecule has 8 nitrogen and oxygen atoms in total. The number of carbonyl (C=O) groups excluding carboxylic acids is 1. The molecule has 0 fully saturated rings. The zero-order valence-electron chi connectivity index (χ0n) is 22.7. The lowest BCUT2D eigenvalue weighted by molar-refractivity contribution is -0.143. The van der Waals surface area contributed by atoms with Gasteiger partial charge in [0.15, 0.2) is 0 Å². The molecule has 230 valence electrons. The second-order valence-electron chi connectivity index (χ2n) is 9.40. The Kier molecular flexibility index (Phi) is 12.3. The first-order chi connectivity index (χ1) is 20.3. The number of nitrogens with one attached hydrogen (secondary N) is 1. The van der Waals surface area contributed by atoms with Crippen LogP contribution >= 0.6 is 23.4 Å². The molecule has 3 N–H and O–H groups in total. The third kappa shape index (κ3) is 10.5. The number of aliphatic carboxylic acids is 2. The van der Waals surface area contributed by atoms with Crippen molar-refractivity contribution in [1.82, 2.24) is 15.4 Å². The second-order valence-corrected chi connectivity index (χ2v) is 10.8. The van der Waals surface area contributed by atoms with Gasteiger partial charge in [0, 0.05) is 16.8 Å². The van der Waals surface area contributed by atoms with E-state index in [1.807, 2.05) is 6.07 Å². The molecule has 43 heavy (non-hydrogen) atoms. The van der Waals surface area contributed by atoms with Gasteiger partial charge in [0.1, 0.15) is 0 Å². The monoisotopic (exact) mass is 641 g/mol. The highest BCUT2D eigenvalue weighted by Gasteiger charge is 2.30. The molecule has 0 radical (unpaired) electrons. The first kappa shape index (κ1) is 33.8. The Morgan fingerprint density at radius 2 is 1.60 bits per heavy atom. The SMILES string of the molecule is O=C(O)CCC(=O)O.O=C(c1ccc(CSc2c(Cl)ccc3c2CCNCC3)nc1)N(F)Cc1ccc(C(F)(F)F)cc1. The minimum atomic E-state index is -4.48. The molecule has 2 aromatic carbocycles. The third-order valence-electron chi connectivity index (χ3n) is 6.24. The number of alkyl halides is 3. The number of halogens is 5. The second kappa shape index (κ2) is 15.7. The lowest BCUT2D eigenvalue weighted by Gasteiger charge is -2.14. The Bertz CT molecular complexity index is 1410. The maximum absolute atomic E-state index is 14.4. The fraction of sp³-hybridized carbons (Fsp3) is 0.310. The number of hydrogen-bond donors (Lipinski definition) is 3. The molecule has 0 bridgehead atoms. The number of fused-ring (bicyclic) bond motifs is 1. The van der Waals surface area contributed by atoms with Crippen LogP contribution in [0.2, 0.25) is 5.02 Å². The molecule has 1 aliphatic heterocycles. The maximum atomic E-state index is 14.4. The molecule has 1 aliphatic rings. The van der Waals surface area contributed by atoms with Gasteiger partial charge in [0.05, 0.1) is 41.2 Å². The summed E-state index contributed by atoms with van der Waals surface area (Å²) in [5, 5.41) is 19.8. The summed E-state index contributed by atoms with van der Waals surface area (Å²) in [5.41, 5.74) is 2.69. The summed E-state index contributed by atoms with van der Waals surface area (Å²) in [6.45, 7) is 1.35. The predicted octanol–water partition coefficient (Wildman–Crippen LogP) is 6.20. The Morgan fingerprint density at radius 3 is 2.19 bits per heavy atom.